The third kappa shape index (κ3) is 2.60. The fourth-order valence-electron chi connectivity index (χ4n) is 1.98. The van der Waals surface area contributed by atoms with E-state index in [0.29, 0.717) is 11.3 Å². The van der Waals surface area contributed by atoms with E-state index < -0.39 is 5.69 Å². The maximum absolute atomic E-state index is 12.5. The number of nitrogens with one attached hydrogen (secondary N) is 1. The smallest absolute Gasteiger partial charge is 0.297 e. The van der Waals surface area contributed by atoms with Crippen LogP contribution in [0.2, 0.25) is 5.15 Å². The van der Waals surface area contributed by atoms with Crippen LogP contribution in [0.5, 0.6) is 0 Å². The number of aryl methyl sites for hydroxylation is 1. The van der Waals surface area contributed by atoms with E-state index in [9.17, 15) is 9.59 Å². The number of aromatic nitrogens is 2. The highest BCUT2D eigenvalue weighted by atomic mass is 79.9. The van der Waals surface area contributed by atoms with Crippen LogP contribution >= 0.6 is 27.5 Å². The van der Waals surface area contributed by atoms with Crippen molar-refractivity contribution in [1.82, 2.24) is 9.55 Å². The van der Waals surface area contributed by atoms with E-state index in [1.165, 1.54) is 0 Å². The lowest BCUT2D eigenvalue weighted by atomic mass is 10.1. The van der Waals surface area contributed by atoms with E-state index >= 15 is 0 Å². The van der Waals surface area contributed by atoms with Crippen molar-refractivity contribution in [2.45, 2.75) is 26.7 Å². The SMILES string of the molecule is Cc1ccc(-n2c(=O)[nH]c(Cl)c(C(C)C)c2=O)cc1Br. The summed E-state index contributed by atoms with van der Waals surface area (Å²) in [6, 6.07) is 5.31. The van der Waals surface area contributed by atoms with E-state index in [1.54, 1.807) is 12.1 Å². The standard InChI is InChI=1S/C14H14BrClN2O2/c1-7(2)11-12(16)17-14(20)18(13(11)19)9-5-4-8(3)10(15)6-9/h4-7H,1-3H3,(H,17,20). The molecule has 0 aliphatic rings. The monoisotopic (exact) mass is 356 g/mol. The van der Waals surface area contributed by atoms with Crippen molar-refractivity contribution in [3.05, 3.63) is 59.8 Å². The zero-order valence-electron chi connectivity index (χ0n) is 11.3. The predicted octanol–water partition coefficient (Wildman–Crippen LogP) is 3.37. The fourth-order valence-corrected chi connectivity index (χ4v) is 2.73. The Labute approximate surface area is 129 Å². The maximum Gasteiger partial charge on any atom is 0.334 e. The fraction of sp³-hybridized carbons (Fsp3) is 0.286. The van der Waals surface area contributed by atoms with E-state index in [4.69, 9.17) is 11.6 Å². The Kier molecular flexibility index (Phi) is 4.20. The van der Waals surface area contributed by atoms with Gasteiger partial charge in [-0.3, -0.25) is 9.78 Å². The molecule has 0 aliphatic heterocycles. The van der Waals surface area contributed by atoms with Crippen molar-refractivity contribution in [3.63, 3.8) is 0 Å². The third-order valence-electron chi connectivity index (χ3n) is 3.08. The summed E-state index contributed by atoms with van der Waals surface area (Å²) in [6.45, 7) is 5.65. The van der Waals surface area contributed by atoms with E-state index in [0.717, 1.165) is 14.6 Å². The molecule has 106 valence electrons. The molecule has 0 atom stereocenters. The molecule has 0 fully saturated rings. The van der Waals surface area contributed by atoms with Crippen molar-refractivity contribution < 1.29 is 0 Å². The van der Waals surface area contributed by atoms with Gasteiger partial charge in [0.05, 0.1) is 11.3 Å². The summed E-state index contributed by atoms with van der Waals surface area (Å²) < 4.78 is 1.94. The Balaban J connectivity index is 2.81. The van der Waals surface area contributed by atoms with Gasteiger partial charge in [-0.15, -0.1) is 0 Å². The average molecular weight is 358 g/mol. The van der Waals surface area contributed by atoms with Gasteiger partial charge in [-0.25, -0.2) is 9.36 Å². The summed E-state index contributed by atoms with van der Waals surface area (Å²) in [7, 11) is 0. The molecule has 4 nitrogen and oxygen atoms in total. The average Bonchev–Trinajstić information content (AvgIpc) is 2.32. The lowest BCUT2D eigenvalue weighted by molar-refractivity contribution is 0.777. The van der Waals surface area contributed by atoms with E-state index in [2.05, 4.69) is 20.9 Å². The Morgan fingerprint density at radius 3 is 2.50 bits per heavy atom. The second-order valence-corrected chi connectivity index (χ2v) is 6.12. The number of benzene rings is 1. The van der Waals surface area contributed by atoms with Gasteiger partial charge in [0.15, 0.2) is 0 Å². The first-order chi connectivity index (χ1) is 9.32. The first kappa shape index (κ1) is 15.1. The molecule has 0 radical (unpaired) electrons. The zero-order chi connectivity index (χ0) is 15.0. The lowest BCUT2D eigenvalue weighted by Gasteiger charge is -2.12. The minimum Gasteiger partial charge on any atom is -0.297 e. The zero-order valence-corrected chi connectivity index (χ0v) is 13.7. The molecule has 1 aromatic heterocycles. The summed E-state index contributed by atoms with van der Waals surface area (Å²) in [4.78, 5) is 27.1. The number of halogens is 2. The second kappa shape index (κ2) is 5.58. The number of hydrogen-bond acceptors (Lipinski definition) is 2. The second-order valence-electron chi connectivity index (χ2n) is 4.89. The van der Waals surface area contributed by atoms with Crippen molar-refractivity contribution in [1.29, 1.82) is 0 Å². The van der Waals surface area contributed by atoms with Crippen molar-refractivity contribution in [2.75, 3.05) is 0 Å². The van der Waals surface area contributed by atoms with Gasteiger partial charge in [-0.2, -0.15) is 0 Å². The van der Waals surface area contributed by atoms with Crippen LogP contribution in [0.15, 0.2) is 32.3 Å². The van der Waals surface area contributed by atoms with Crippen LogP contribution < -0.4 is 11.2 Å². The number of hydrogen-bond donors (Lipinski definition) is 1. The van der Waals surface area contributed by atoms with Crippen LogP contribution in [0, 0.1) is 6.92 Å². The number of aromatic amines is 1. The quantitative estimate of drug-likeness (QED) is 0.838. The van der Waals surface area contributed by atoms with Gasteiger partial charge < -0.3 is 0 Å². The van der Waals surface area contributed by atoms with Crippen LogP contribution in [0.25, 0.3) is 5.69 Å². The molecule has 0 aliphatic carbocycles. The Hall–Kier alpha value is -1.33. The summed E-state index contributed by atoms with van der Waals surface area (Å²) in [6.07, 6.45) is 0. The molecule has 2 rings (SSSR count). The highest BCUT2D eigenvalue weighted by Crippen LogP contribution is 2.20. The van der Waals surface area contributed by atoms with Gasteiger partial charge in [0.2, 0.25) is 0 Å². The topological polar surface area (TPSA) is 54.9 Å². The molecule has 0 spiro atoms. The van der Waals surface area contributed by atoms with Crippen LogP contribution in [-0.4, -0.2) is 9.55 Å². The summed E-state index contributed by atoms with van der Waals surface area (Å²) in [5, 5.41) is 0.109. The molecular formula is C14H14BrClN2O2. The Morgan fingerprint density at radius 2 is 1.95 bits per heavy atom. The molecular weight excluding hydrogens is 344 g/mol. The van der Waals surface area contributed by atoms with Gasteiger partial charge in [0, 0.05) is 4.47 Å². The van der Waals surface area contributed by atoms with Crippen LogP contribution in [-0.2, 0) is 0 Å². The molecule has 6 heteroatoms. The largest absolute Gasteiger partial charge is 0.334 e. The molecule has 20 heavy (non-hydrogen) atoms. The molecule has 1 aromatic carbocycles. The lowest BCUT2D eigenvalue weighted by Crippen LogP contribution is -2.36. The Bertz CT molecular complexity index is 778. The first-order valence-electron chi connectivity index (χ1n) is 6.14. The van der Waals surface area contributed by atoms with Gasteiger partial charge in [0.25, 0.3) is 5.56 Å². The molecule has 0 saturated carbocycles. The summed E-state index contributed by atoms with van der Waals surface area (Å²) >= 11 is 9.37. The third-order valence-corrected chi connectivity index (χ3v) is 4.23. The van der Waals surface area contributed by atoms with Gasteiger partial charge in [-0.05, 0) is 30.5 Å². The van der Waals surface area contributed by atoms with Crippen molar-refractivity contribution in [2.24, 2.45) is 0 Å². The first-order valence-corrected chi connectivity index (χ1v) is 7.31. The number of rotatable bonds is 2. The van der Waals surface area contributed by atoms with E-state index in [-0.39, 0.29) is 16.6 Å². The van der Waals surface area contributed by atoms with Gasteiger partial charge in [0.1, 0.15) is 5.15 Å². The molecule has 0 saturated heterocycles. The normalized spacial score (nSPS) is 11.1. The predicted molar refractivity (Wildman–Crippen MR) is 84.2 cm³/mol. The number of nitrogens with zero attached hydrogens (tertiary/aromatic N) is 1. The molecule has 0 amide bonds. The van der Waals surface area contributed by atoms with E-state index in [1.807, 2.05) is 26.8 Å². The highest BCUT2D eigenvalue weighted by molar-refractivity contribution is 9.10. The summed E-state index contributed by atoms with van der Waals surface area (Å²) in [5.74, 6) is -0.0769. The van der Waals surface area contributed by atoms with Gasteiger partial charge >= 0.3 is 5.69 Å². The summed E-state index contributed by atoms with van der Waals surface area (Å²) in [5.41, 5.74) is 1.01. The van der Waals surface area contributed by atoms with Crippen molar-refractivity contribution in [3.8, 4) is 5.69 Å². The molecule has 1 N–H and O–H groups in total. The molecule has 0 unspecified atom stereocenters. The number of H-pyrrole nitrogens is 1. The highest BCUT2D eigenvalue weighted by Gasteiger charge is 2.16. The molecule has 1 heterocycles. The molecule has 2 aromatic rings. The Morgan fingerprint density at radius 1 is 1.30 bits per heavy atom. The van der Waals surface area contributed by atoms with Gasteiger partial charge in [-0.1, -0.05) is 47.4 Å². The van der Waals surface area contributed by atoms with Crippen molar-refractivity contribution >= 4 is 27.5 Å². The molecule has 0 bridgehead atoms. The minimum atomic E-state index is -0.542. The van der Waals surface area contributed by atoms with Crippen LogP contribution in [0.1, 0.15) is 30.9 Å². The van der Waals surface area contributed by atoms with Crippen LogP contribution in [0.4, 0.5) is 0 Å². The van der Waals surface area contributed by atoms with Crippen LogP contribution in [0.3, 0.4) is 0 Å². The minimum absolute atomic E-state index is 0.0769. The maximum atomic E-state index is 12.5.